The monoisotopic (exact) mass is 400 g/mol. The summed E-state index contributed by atoms with van der Waals surface area (Å²) in [5.74, 6) is -0.436. The number of anilines is 1. The summed E-state index contributed by atoms with van der Waals surface area (Å²) in [4.78, 5) is 25.9. The zero-order chi connectivity index (χ0) is 20.5. The van der Waals surface area contributed by atoms with Gasteiger partial charge in [-0.05, 0) is 44.8 Å². The fourth-order valence-electron chi connectivity index (χ4n) is 4.30. The smallest absolute Gasteiger partial charge is 0.371 e. The maximum Gasteiger partial charge on any atom is 0.418 e. The largest absolute Gasteiger partial charge is 0.418 e. The minimum atomic E-state index is -4.72. The van der Waals surface area contributed by atoms with Crippen LogP contribution in [0.2, 0.25) is 0 Å². The van der Waals surface area contributed by atoms with E-state index in [1.807, 2.05) is 0 Å². The first-order chi connectivity index (χ1) is 13.1. The first kappa shape index (κ1) is 20.4. The number of nitro groups is 1. The maximum atomic E-state index is 13.5. The first-order valence-corrected chi connectivity index (χ1v) is 9.31. The molecule has 0 saturated carbocycles. The number of carbonyl (C=O) groups excluding carboxylic acids is 1. The molecule has 2 aliphatic rings. The van der Waals surface area contributed by atoms with Gasteiger partial charge in [0.25, 0.3) is 5.69 Å². The number of rotatable bonds is 4. The van der Waals surface area contributed by atoms with Crippen LogP contribution in [-0.4, -0.2) is 47.4 Å². The van der Waals surface area contributed by atoms with Gasteiger partial charge in [0, 0.05) is 30.9 Å². The van der Waals surface area contributed by atoms with Crippen LogP contribution in [0.15, 0.2) is 18.2 Å². The second-order valence-electron chi connectivity index (χ2n) is 7.39. The van der Waals surface area contributed by atoms with E-state index in [4.69, 9.17) is 5.73 Å². The molecule has 3 rings (SSSR count). The summed E-state index contributed by atoms with van der Waals surface area (Å²) in [7, 11) is 0. The van der Waals surface area contributed by atoms with Crippen LogP contribution < -0.4 is 10.6 Å². The van der Waals surface area contributed by atoms with Crippen molar-refractivity contribution in [2.75, 3.05) is 31.1 Å². The van der Waals surface area contributed by atoms with Gasteiger partial charge in [0.15, 0.2) is 0 Å². The van der Waals surface area contributed by atoms with Gasteiger partial charge in [-0.1, -0.05) is 6.42 Å². The summed E-state index contributed by atoms with van der Waals surface area (Å²) in [5.41, 5.74) is 3.14. The van der Waals surface area contributed by atoms with Gasteiger partial charge in [0.2, 0.25) is 5.91 Å². The van der Waals surface area contributed by atoms with Crippen LogP contribution in [-0.2, 0) is 11.0 Å². The van der Waals surface area contributed by atoms with Crippen LogP contribution in [0, 0.1) is 10.1 Å². The Morgan fingerprint density at radius 2 is 1.71 bits per heavy atom. The highest BCUT2D eigenvalue weighted by atomic mass is 19.4. The zero-order valence-electron chi connectivity index (χ0n) is 15.4. The first-order valence-electron chi connectivity index (χ1n) is 9.31. The van der Waals surface area contributed by atoms with E-state index in [0.29, 0.717) is 18.9 Å². The van der Waals surface area contributed by atoms with Gasteiger partial charge in [0.1, 0.15) is 5.54 Å². The van der Waals surface area contributed by atoms with Crippen molar-refractivity contribution in [3.63, 3.8) is 0 Å². The molecule has 0 radical (unpaired) electrons. The fourth-order valence-corrected chi connectivity index (χ4v) is 4.30. The van der Waals surface area contributed by atoms with Gasteiger partial charge >= 0.3 is 6.18 Å². The van der Waals surface area contributed by atoms with Crippen LogP contribution in [0.4, 0.5) is 24.5 Å². The van der Waals surface area contributed by atoms with Crippen LogP contribution in [0.1, 0.15) is 37.7 Å². The van der Waals surface area contributed by atoms with Crippen molar-refractivity contribution >= 4 is 17.3 Å². The van der Waals surface area contributed by atoms with E-state index in [9.17, 15) is 28.1 Å². The Morgan fingerprint density at radius 1 is 1.11 bits per heavy atom. The average molecular weight is 400 g/mol. The van der Waals surface area contributed by atoms with Crippen molar-refractivity contribution in [2.45, 2.75) is 43.8 Å². The Morgan fingerprint density at radius 3 is 2.21 bits per heavy atom. The Kier molecular flexibility index (Phi) is 5.51. The molecule has 0 spiro atoms. The third-order valence-electron chi connectivity index (χ3n) is 5.85. The molecule has 2 fully saturated rings. The van der Waals surface area contributed by atoms with Crippen molar-refractivity contribution in [3.8, 4) is 0 Å². The zero-order valence-corrected chi connectivity index (χ0v) is 15.4. The van der Waals surface area contributed by atoms with Crippen molar-refractivity contribution in [3.05, 3.63) is 33.9 Å². The third-order valence-corrected chi connectivity index (χ3v) is 5.85. The highest BCUT2D eigenvalue weighted by Crippen LogP contribution is 2.41. The summed E-state index contributed by atoms with van der Waals surface area (Å²) < 4.78 is 40.5. The highest BCUT2D eigenvalue weighted by molar-refractivity contribution is 5.85. The quantitative estimate of drug-likeness (QED) is 0.620. The Hall–Kier alpha value is -2.36. The molecule has 28 heavy (non-hydrogen) atoms. The molecule has 2 heterocycles. The van der Waals surface area contributed by atoms with E-state index >= 15 is 0 Å². The molecule has 154 valence electrons. The number of hydrogen-bond donors (Lipinski definition) is 1. The predicted molar refractivity (Wildman–Crippen MR) is 96.9 cm³/mol. The highest BCUT2D eigenvalue weighted by Gasteiger charge is 2.46. The van der Waals surface area contributed by atoms with Crippen molar-refractivity contribution in [1.82, 2.24) is 4.90 Å². The number of carbonyl (C=O) groups is 1. The molecule has 2 saturated heterocycles. The van der Waals surface area contributed by atoms with Crippen LogP contribution >= 0.6 is 0 Å². The molecule has 0 unspecified atom stereocenters. The van der Waals surface area contributed by atoms with E-state index in [1.54, 1.807) is 0 Å². The average Bonchev–Trinajstić information content (AvgIpc) is 2.67. The Bertz CT molecular complexity index is 755. The lowest BCUT2D eigenvalue weighted by atomic mass is 9.83. The summed E-state index contributed by atoms with van der Waals surface area (Å²) in [6.07, 6.45) is -1.02. The number of halogens is 3. The van der Waals surface area contributed by atoms with Gasteiger partial charge in [-0.3, -0.25) is 19.8 Å². The number of nitro benzene ring substituents is 1. The number of piperidine rings is 2. The molecule has 0 atom stereocenters. The van der Waals surface area contributed by atoms with Crippen molar-refractivity contribution < 1.29 is 22.9 Å². The molecule has 0 aliphatic carbocycles. The lowest BCUT2D eigenvalue weighted by molar-refractivity contribution is -0.385. The van der Waals surface area contributed by atoms with E-state index in [0.717, 1.165) is 44.5 Å². The molecule has 2 aliphatic heterocycles. The molecule has 1 aromatic carbocycles. The SMILES string of the molecule is NC(=O)C1(N2CCCCC2)CCN(c2ccc([N+](=O)[O-])cc2C(F)(F)F)CC1. The van der Waals surface area contributed by atoms with Crippen molar-refractivity contribution in [1.29, 1.82) is 0 Å². The van der Waals surface area contributed by atoms with E-state index in [2.05, 4.69) is 4.90 Å². The second kappa shape index (κ2) is 7.57. The molecule has 7 nitrogen and oxygen atoms in total. The summed E-state index contributed by atoms with van der Waals surface area (Å²) in [5, 5.41) is 10.9. The summed E-state index contributed by atoms with van der Waals surface area (Å²) >= 11 is 0. The number of alkyl halides is 3. The molecular weight excluding hydrogens is 377 g/mol. The minimum absolute atomic E-state index is 0.102. The molecular formula is C18H23F3N4O3. The number of non-ortho nitro benzene ring substituents is 1. The van der Waals surface area contributed by atoms with Gasteiger partial charge in [-0.2, -0.15) is 13.2 Å². The Balaban J connectivity index is 1.86. The summed E-state index contributed by atoms with van der Waals surface area (Å²) in [6, 6.07) is 2.78. The van der Waals surface area contributed by atoms with Gasteiger partial charge in [-0.25, -0.2) is 0 Å². The molecule has 0 aromatic heterocycles. The topological polar surface area (TPSA) is 92.7 Å². The minimum Gasteiger partial charge on any atom is -0.371 e. The molecule has 10 heteroatoms. The maximum absolute atomic E-state index is 13.5. The molecule has 1 amide bonds. The van der Waals surface area contributed by atoms with Crippen LogP contribution in [0.3, 0.4) is 0 Å². The number of benzene rings is 1. The van der Waals surface area contributed by atoms with Crippen LogP contribution in [0.5, 0.6) is 0 Å². The lowest BCUT2D eigenvalue weighted by Gasteiger charge is -2.48. The molecule has 1 aromatic rings. The van der Waals surface area contributed by atoms with E-state index in [1.165, 1.54) is 4.90 Å². The number of nitrogens with two attached hydrogens (primary N) is 1. The number of amides is 1. The number of nitrogens with zero attached hydrogens (tertiary/aromatic N) is 3. The second-order valence-corrected chi connectivity index (χ2v) is 7.39. The third kappa shape index (κ3) is 3.78. The molecule has 2 N–H and O–H groups in total. The van der Waals surface area contributed by atoms with E-state index in [-0.39, 0.29) is 18.8 Å². The van der Waals surface area contributed by atoms with Crippen LogP contribution in [0.25, 0.3) is 0 Å². The number of likely N-dealkylation sites (tertiary alicyclic amines) is 1. The fraction of sp³-hybridized carbons (Fsp3) is 0.611. The Labute approximate surface area is 160 Å². The van der Waals surface area contributed by atoms with Crippen molar-refractivity contribution in [2.24, 2.45) is 5.73 Å². The number of primary amides is 1. The normalized spacial score (nSPS) is 20.8. The van der Waals surface area contributed by atoms with Gasteiger partial charge < -0.3 is 10.6 Å². The lowest BCUT2D eigenvalue weighted by Crippen LogP contribution is -2.63. The van der Waals surface area contributed by atoms with E-state index < -0.39 is 33.8 Å². The number of hydrogen-bond acceptors (Lipinski definition) is 5. The standard InChI is InChI=1S/C18H23F3N4O3/c19-18(20,21)14-12-13(25(27)28)4-5-15(14)23-10-6-17(7-11-23,16(22)26)24-8-2-1-3-9-24/h4-5,12H,1-3,6-11H2,(H2,22,26). The summed E-state index contributed by atoms with van der Waals surface area (Å²) in [6.45, 7) is 1.96. The molecule has 0 bridgehead atoms. The predicted octanol–water partition coefficient (Wildman–Crippen LogP) is 2.92. The van der Waals surface area contributed by atoms with Gasteiger partial charge in [-0.15, -0.1) is 0 Å². The van der Waals surface area contributed by atoms with Gasteiger partial charge in [0.05, 0.1) is 10.5 Å².